The highest BCUT2D eigenvalue weighted by atomic mass is 127. The van der Waals surface area contributed by atoms with Crippen molar-refractivity contribution in [2.45, 2.75) is 0 Å². The van der Waals surface area contributed by atoms with Gasteiger partial charge in [0.1, 0.15) is 17.2 Å². The minimum atomic E-state index is 0.228. The number of nitrogens with two attached hydrogens (primary N) is 1. The minimum absolute atomic E-state index is 0.228. The van der Waals surface area contributed by atoms with E-state index in [1.54, 1.807) is 6.07 Å². The number of benzene rings is 1. The first kappa shape index (κ1) is 12.7. The smallest absolute Gasteiger partial charge is 0.154 e. The van der Waals surface area contributed by atoms with E-state index in [0.29, 0.717) is 10.8 Å². The average molecular weight is 381 g/mol. The lowest BCUT2D eigenvalue weighted by molar-refractivity contribution is 1.18. The molecule has 3 N–H and O–H groups in total. The number of nitrogens with one attached hydrogen (secondary N) is 1. The van der Waals surface area contributed by atoms with E-state index in [2.05, 4.69) is 37.9 Å². The van der Waals surface area contributed by atoms with Crippen molar-refractivity contribution in [1.82, 2.24) is 9.97 Å². The Balaban J connectivity index is 2.38. The molecule has 0 unspecified atom stereocenters. The Morgan fingerprint density at radius 1 is 1.24 bits per heavy atom. The highest BCUT2D eigenvalue weighted by Gasteiger charge is 2.08. The van der Waals surface area contributed by atoms with Crippen LogP contribution in [0.4, 0.5) is 17.3 Å². The van der Waals surface area contributed by atoms with Gasteiger partial charge in [0.05, 0.1) is 10.7 Å². The summed E-state index contributed by atoms with van der Waals surface area (Å²) in [7, 11) is 0. The molecule has 0 radical (unpaired) electrons. The molecule has 2 rings (SSSR count). The zero-order valence-electron chi connectivity index (χ0n) is 8.42. The molecule has 4 nitrogen and oxygen atoms in total. The lowest BCUT2D eigenvalue weighted by Crippen LogP contribution is -2.00. The summed E-state index contributed by atoms with van der Waals surface area (Å²) < 4.78 is 1.05. The van der Waals surface area contributed by atoms with E-state index < -0.39 is 0 Å². The van der Waals surface area contributed by atoms with Crippen molar-refractivity contribution in [3.8, 4) is 0 Å². The second kappa shape index (κ2) is 5.24. The molecule has 7 heteroatoms. The van der Waals surface area contributed by atoms with Gasteiger partial charge in [-0.25, -0.2) is 9.97 Å². The summed E-state index contributed by atoms with van der Waals surface area (Å²) in [5, 5.41) is 3.88. The molecule has 0 aliphatic rings. The maximum absolute atomic E-state index is 6.05. The lowest BCUT2D eigenvalue weighted by atomic mass is 10.3. The van der Waals surface area contributed by atoms with Crippen molar-refractivity contribution in [3.63, 3.8) is 0 Å². The summed E-state index contributed by atoms with van der Waals surface area (Å²) in [6.45, 7) is 0. The topological polar surface area (TPSA) is 63.8 Å². The molecule has 0 saturated carbocycles. The Morgan fingerprint density at radius 3 is 2.76 bits per heavy atom. The first-order valence-electron chi connectivity index (χ1n) is 4.56. The van der Waals surface area contributed by atoms with Crippen LogP contribution in [0.5, 0.6) is 0 Å². The molecule has 0 bridgehead atoms. The summed E-state index contributed by atoms with van der Waals surface area (Å²) in [5.41, 5.74) is 6.31. The van der Waals surface area contributed by atoms with Gasteiger partial charge in [-0.2, -0.15) is 0 Å². The van der Waals surface area contributed by atoms with Gasteiger partial charge >= 0.3 is 0 Å². The number of nitrogen functional groups attached to an aromatic ring is 1. The molecule has 1 aromatic heterocycles. The molecular weight excluding hydrogens is 374 g/mol. The fourth-order valence-electron chi connectivity index (χ4n) is 1.19. The number of anilines is 3. The SMILES string of the molecule is Nc1ncnc(Nc2cc(I)ccc2Cl)c1Cl. The summed E-state index contributed by atoms with van der Waals surface area (Å²) in [6.07, 6.45) is 1.34. The van der Waals surface area contributed by atoms with E-state index in [9.17, 15) is 0 Å². The summed E-state index contributed by atoms with van der Waals surface area (Å²) in [6, 6.07) is 5.59. The van der Waals surface area contributed by atoms with E-state index >= 15 is 0 Å². The number of rotatable bonds is 2. The van der Waals surface area contributed by atoms with Crippen LogP contribution in [0.2, 0.25) is 10.0 Å². The maximum Gasteiger partial charge on any atom is 0.154 e. The monoisotopic (exact) mass is 380 g/mol. The molecule has 0 fully saturated rings. The van der Waals surface area contributed by atoms with Gasteiger partial charge in [-0.1, -0.05) is 23.2 Å². The molecule has 0 atom stereocenters. The van der Waals surface area contributed by atoms with Gasteiger partial charge in [-0.05, 0) is 40.8 Å². The molecule has 0 spiro atoms. The van der Waals surface area contributed by atoms with Crippen LogP contribution < -0.4 is 11.1 Å². The number of nitrogens with zero attached hydrogens (tertiary/aromatic N) is 2. The van der Waals surface area contributed by atoms with Crippen LogP contribution in [0, 0.1) is 3.57 Å². The Hall–Kier alpha value is -0.790. The molecule has 1 aromatic carbocycles. The molecule has 0 amide bonds. The fraction of sp³-hybridized carbons (Fsp3) is 0. The third kappa shape index (κ3) is 2.91. The van der Waals surface area contributed by atoms with Crippen LogP contribution >= 0.6 is 45.8 Å². The molecule has 17 heavy (non-hydrogen) atoms. The molecule has 0 saturated heterocycles. The fourth-order valence-corrected chi connectivity index (χ4v) is 1.99. The van der Waals surface area contributed by atoms with Gasteiger partial charge in [0.25, 0.3) is 0 Å². The Kier molecular flexibility index (Phi) is 3.90. The second-order valence-electron chi connectivity index (χ2n) is 3.17. The zero-order chi connectivity index (χ0) is 12.4. The molecule has 1 heterocycles. The number of halogens is 3. The van der Waals surface area contributed by atoms with Crippen molar-refractivity contribution >= 4 is 63.1 Å². The van der Waals surface area contributed by atoms with Gasteiger partial charge in [0.15, 0.2) is 5.82 Å². The molecular formula is C10H7Cl2IN4. The maximum atomic E-state index is 6.05. The summed E-state index contributed by atoms with van der Waals surface area (Å²) in [4.78, 5) is 7.79. The van der Waals surface area contributed by atoms with Crippen molar-refractivity contribution in [3.05, 3.63) is 38.1 Å². The molecule has 0 aliphatic carbocycles. The van der Waals surface area contributed by atoms with E-state index in [0.717, 1.165) is 9.26 Å². The Morgan fingerprint density at radius 2 is 2.00 bits per heavy atom. The third-order valence-electron chi connectivity index (χ3n) is 2.00. The first-order valence-corrected chi connectivity index (χ1v) is 6.39. The van der Waals surface area contributed by atoms with Crippen LogP contribution in [-0.4, -0.2) is 9.97 Å². The van der Waals surface area contributed by atoms with Crippen LogP contribution in [0.25, 0.3) is 0 Å². The highest BCUT2D eigenvalue weighted by molar-refractivity contribution is 14.1. The normalized spacial score (nSPS) is 10.3. The van der Waals surface area contributed by atoms with E-state index in [-0.39, 0.29) is 10.8 Å². The number of aromatic nitrogens is 2. The Bertz CT molecular complexity index is 562. The van der Waals surface area contributed by atoms with Crippen molar-refractivity contribution in [2.24, 2.45) is 0 Å². The van der Waals surface area contributed by atoms with Crippen molar-refractivity contribution in [1.29, 1.82) is 0 Å². The molecule has 2 aromatic rings. The highest BCUT2D eigenvalue weighted by Crippen LogP contribution is 2.30. The lowest BCUT2D eigenvalue weighted by Gasteiger charge is -2.09. The van der Waals surface area contributed by atoms with E-state index in [1.807, 2.05) is 12.1 Å². The average Bonchev–Trinajstić information content (AvgIpc) is 2.30. The van der Waals surface area contributed by atoms with Crippen LogP contribution in [0.15, 0.2) is 24.5 Å². The van der Waals surface area contributed by atoms with E-state index in [1.165, 1.54) is 6.33 Å². The third-order valence-corrected chi connectivity index (χ3v) is 3.37. The predicted molar refractivity (Wildman–Crippen MR) is 78.9 cm³/mol. The minimum Gasteiger partial charge on any atom is -0.382 e. The molecule has 88 valence electrons. The largest absolute Gasteiger partial charge is 0.382 e. The van der Waals surface area contributed by atoms with Crippen LogP contribution in [0.3, 0.4) is 0 Å². The van der Waals surface area contributed by atoms with Crippen molar-refractivity contribution in [2.75, 3.05) is 11.1 Å². The van der Waals surface area contributed by atoms with Gasteiger partial charge in [0, 0.05) is 3.57 Å². The summed E-state index contributed by atoms with van der Waals surface area (Å²) >= 11 is 14.2. The first-order chi connectivity index (χ1) is 8.08. The quantitative estimate of drug-likeness (QED) is 0.779. The van der Waals surface area contributed by atoms with Gasteiger partial charge in [0.2, 0.25) is 0 Å². The van der Waals surface area contributed by atoms with Gasteiger partial charge in [-0.3, -0.25) is 0 Å². The zero-order valence-corrected chi connectivity index (χ0v) is 12.1. The predicted octanol–water partition coefficient (Wildman–Crippen LogP) is 3.71. The number of hydrogen-bond donors (Lipinski definition) is 2. The number of hydrogen-bond acceptors (Lipinski definition) is 4. The van der Waals surface area contributed by atoms with Gasteiger partial charge < -0.3 is 11.1 Å². The van der Waals surface area contributed by atoms with Gasteiger partial charge in [-0.15, -0.1) is 0 Å². The Labute approximate surface area is 122 Å². The van der Waals surface area contributed by atoms with Crippen molar-refractivity contribution < 1.29 is 0 Å². The second-order valence-corrected chi connectivity index (χ2v) is 5.20. The molecule has 0 aliphatic heterocycles. The van der Waals surface area contributed by atoms with E-state index in [4.69, 9.17) is 28.9 Å². The summed E-state index contributed by atoms with van der Waals surface area (Å²) in [5.74, 6) is 0.661. The van der Waals surface area contributed by atoms with Crippen LogP contribution in [0.1, 0.15) is 0 Å². The van der Waals surface area contributed by atoms with Crippen LogP contribution in [-0.2, 0) is 0 Å². The standard InChI is InChI=1S/C10H7Cl2IN4/c11-6-2-1-5(13)3-7(6)17-10-8(12)9(14)15-4-16-10/h1-4H,(H3,14,15,16,17).